The summed E-state index contributed by atoms with van der Waals surface area (Å²) in [5, 5.41) is 13.7. The quantitative estimate of drug-likeness (QED) is 0.463. The number of rotatable bonds is 5. The molecule has 3 aromatic rings. The standard InChI is InChI=1S/C24H21ClN4O3/c1-31-22-7-6-19(14-20(22)25)27-24(30)18(15-26)13-17-12-16-4-2-3-5-21(16)28-23(17)29-8-10-32-11-9-29/h2-7,12-14H,8-11H2,1H3,(H,27,30). The number of amides is 1. The topological polar surface area (TPSA) is 87.5 Å². The fourth-order valence-electron chi connectivity index (χ4n) is 3.50. The lowest BCUT2D eigenvalue weighted by molar-refractivity contribution is -0.112. The predicted molar refractivity (Wildman–Crippen MR) is 125 cm³/mol. The summed E-state index contributed by atoms with van der Waals surface area (Å²) in [6.07, 6.45) is 1.57. The minimum absolute atomic E-state index is 0.0384. The number of ether oxygens (including phenoxy) is 2. The Morgan fingerprint density at radius 2 is 2.03 bits per heavy atom. The molecule has 0 saturated carbocycles. The van der Waals surface area contributed by atoms with Crippen molar-refractivity contribution < 1.29 is 14.3 Å². The zero-order chi connectivity index (χ0) is 22.5. The van der Waals surface area contributed by atoms with Crippen LogP contribution in [-0.4, -0.2) is 44.3 Å². The number of hydrogen-bond acceptors (Lipinski definition) is 6. The van der Waals surface area contributed by atoms with Crippen LogP contribution in [0.2, 0.25) is 5.02 Å². The number of nitrogens with one attached hydrogen (secondary N) is 1. The zero-order valence-electron chi connectivity index (χ0n) is 17.5. The third-order valence-electron chi connectivity index (χ3n) is 5.12. The summed E-state index contributed by atoms with van der Waals surface area (Å²) in [5.74, 6) is 0.688. The minimum atomic E-state index is -0.533. The first-order valence-corrected chi connectivity index (χ1v) is 10.5. The van der Waals surface area contributed by atoms with E-state index in [9.17, 15) is 10.1 Å². The van der Waals surface area contributed by atoms with Crippen LogP contribution in [-0.2, 0) is 9.53 Å². The van der Waals surface area contributed by atoms with Crippen LogP contribution in [0.25, 0.3) is 17.0 Å². The number of aromatic nitrogens is 1. The molecule has 4 rings (SSSR count). The van der Waals surface area contributed by atoms with Crippen LogP contribution in [0.5, 0.6) is 5.75 Å². The molecule has 1 fully saturated rings. The molecule has 8 heteroatoms. The summed E-state index contributed by atoms with van der Waals surface area (Å²) in [6.45, 7) is 2.57. The maximum Gasteiger partial charge on any atom is 0.266 e. The first-order valence-electron chi connectivity index (χ1n) is 10.1. The highest BCUT2D eigenvalue weighted by atomic mass is 35.5. The monoisotopic (exact) mass is 448 g/mol. The van der Waals surface area contributed by atoms with Gasteiger partial charge in [0.2, 0.25) is 0 Å². The third kappa shape index (κ3) is 4.67. The summed E-state index contributed by atoms with van der Waals surface area (Å²) in [5.41, 5.74) is 1.97. The molecule has 0 spiro atoms. The number of halogens is 1. The molecule has 1 aliphatic heterocycles. The van der Waals surface area contributed by atoms with Gasteiger partial charge in [0.1, 0.15) is 23.2 Å². The van der Waals surface area contributed by atoms with Gasteiger partial charge in [0, 0.05) is 29.7 Å². The van der Waals surface area contributed by atoms with E-state index in [0.717, 1.165) is 16.7 Å². The van der Waals surface area contributed by atoms with Gasteiger partial charge in [-0.3, -0.25) is 4.79 Å². The molecule has 1 aromatic heterocycles. The second kappa shape index (κ2) is 9.69. The molecule has 0 unspecified atom stereocenters. The number of benzene rings is 2. The van der Waals surface area contributed by atoms with Gasteiger partial charge in [-0.2, -0.15) is 5.26 Å². The molecular formula is C24H21ClN4O3. The van der Waals surface area contributed by atoms with Crippen LogP contribution in [0, 0.1) is 11.3 Å². The molecule has 1 aliphatic rings. The van der Waals surface area contributed by atoms with E-state index in [-0.39, 0.29) is 5.57 Å². The Labute approximate surface area is 190 Å². The molecule has 32 heavy (non-hydrogen) atoms. The van der Waals surface area contributed by atoms with Gasteiger partial charge in [-0.05, 0) is 36.4 Å². The van der Waals surface area contributed by atoms with E-state index < -0.39 is 5.91 Å². The highest BCUT2D eigenvalue weighted by molar-refractivity contribution is 6.32. The predicted octanol–water partition coefficient (Wildman–Crippen LogP) is 4.28. The average Bonchev–Trinajstić information content (AvgIpc) is 2.82. The van der Waals surface area contributed by atoms with E-state index in [2.05, 4.69) is 10.2 Å². The first kappa shape index (κ1) is 21.6. The summed E-state index contributed by atoms with van der Waals surface area (Å²) in [6, 6.07) is 16.6. The fourth-order valence-corrected chi connectivity index (χ4v) is 3.76. The van der Waals surface area contributed by atoms with Crippen LogP contribution in [0.1, 0.15) is 5.56 Å². The summed E-state index contributed by atoms with van der Waals surface area (Å²) < 4.78 is 10.6. The van der Waals surface area contributed by atoms with E-state index in [4.69, 9.17) is 26.1 Å². The number of pyridine rings is 1. The molecule has 0 bridgehead atoms. The summed E-state index contributed by atoms with van der Waals surface area (Å²) in [4.78, 5) is 19.8. The lowest BCUT2D eigenvalue weighted by Gasteiger charge is -2.29. The van der Waals surface area contributed by atoms with Crippen molar-refractivity contribution in [1.82, 2.24) is 4.98 Å². The molecule has 0 atom stereocenters. The van der Waals surface area contributed by atoms with E-state index >= 15 is 0 Å². The maximum atomic E-state index is 12.8. The maximum absolute atomic E-state index is 12.8. The van der Waals surface area contributed by atoms with Crippen molar-refractivity contribution in [3.05, 3.63) is 64.7 Å². The van der Waals surface area contributed by atoms with Gasteiger partial charge in [-0.15, -0.1) is 0 Å². The Bertz CT molecular complexity index is 1230. The van der Waals surface area contributed by atoms with Crippen molar-refractivity contribution in [2.75, 3.05) is 43.6 Å². The highest BCUT2D eigenvalue weighted by Crippen LogP contribution is 2.29. The normalized spacial score (nSPS) is 14.2. The number of carbonyl (C=O) groups is 1. The average molecular weight is 449 g/mol. The summed E-state index contributed by atoms with van der Waals surface area (Å²) in [7, 11) is 1.51. The van der Waals surface area contributed by atoms with Gasteiger partial charge >= 0.3 is 0 Å². The first-order chi connectivity index (χ1) is 15.6. The zero-order valence-corrected chi connectivity index (χ0v) is 18.2. The Balaban J connectivity index is 1.69. The molecule has 1 amide bonds. The van der Waals surface area contributed by atoms with E-state index in [1.165, 1.54) is 7.11 Å². The highest BCUT2D eigenvalue weighted by Gasteiger charge is 2.18. The fraction of sp³-hybridized carbons (Fsp3) is 0.208. The molecule has 162 valence electrons. The van der Waals surface area contributed by atoms with Gasteiger partial charge in [0.15, 0.2) is 0 Å². The lowest BCUT2D eigenvalue weighted by atomic mass is 10.1. The van der Waals surface area contributed by atoms with E-state index in [1.54, 1.807) is 24.3 Å². The molecule has 7 nitrogen and oxygen atoms in total. The molecular weight excluding hydrogens is 428 g/mol. The van der Waals surface area contributed by atoms with Crippen molar-refractivity contribution in [2.24, 2.45) is 0 Å². The number of para-hydroxylation sites is 1. The number of carbonyl (C=O) groups excluding carboxylic acids is 1. The molecule has 1 saturated heterocycles. The third-order valence-corrected chi connectivity index (χ3v) is 5.41. The van der Waals surface area contributed by atoms with E-state index in [1.807, 2.05) is 36.4 Å². The van der Waals surface area contributed by atoms with Crippen LogP contribution in [0.3, 0.4) is 0 Å². The second-order valence-corrected chi connectivity index (χ2v) is 7.57. The van der Waals surface area contributed by atoms with E-state index in [0.29, 0.717) is 48.3 Å². The van der Waals surface area contributed by atoms with Crippen LogP contribution < -0.4 is 15.0 Å². The van der Waals surface area contributed by atoms with Gasteiger partial charge in [0.25, 0.3) is 5.91 Å². The van der Waals surface area contributed by atoms with Crippen LogP contribution in [0.15, 0.2) is 54.1 Å². The number of morpholine rings is 1. The van der Waals surface area contributed by atoms with Crippen LogP contribution in [0.4, 0.5) is 11.5 Å². The molecule has 1 N–H and O–H groups in total. The summed E-state index contributed by atoms with van der Waals surface area (Å²) >= 11 is 6.14. The van der Waals surface area contributed by atoms with Crippen molar-refractivity contribution in [3.63, 3.8) is 0 Å². The number of nitrogens with zero attached hydrogens (tertiary/aromatic N) is 3. The van der Waals surface area contributed by atoms with Gasteiger partial charge in [-0.25, -0.2) is 4.98 Å². The number of methoxy groups -OCH3 is 1. The SMILES string of the molecule is COc1ccc(NC(=O)C(C#N)=Cc2cc3ccccc3nc2N2CCOCC2)cc1Cl. The Hall–Kier alpha value is -3.60. The van der Waals surface area contributed by atoms with Crippen LogP contribution >= 0.6 is 11.6 Å². The molecule has 2 aromatic carbocycles. The van der Waals surface area contributed by atoms with Crippen molar-refractivity contribution >= 4 is 46.0 Å². The van der Waals surface area contributed by atoms with Gasteiger partial charge in [-0.1, -0.05) is 29.8 Å². The van der Waals surface area contributed by atoms with Crippen molar-refractivity contribution in [1.29, 1.82) is 5.26 Å². The number of anilines is 2. The Morgan fingerprint density at radius 3 is 2.75 bits per heavy atom. The molecule has 0 aliphatic carbocycles. The second-order valence-electron chi connectivity index (χ2n) is 7.17. The largest absolute Gasteiger partial charge is 0.495 e. The van der Waals surface area contributed by atoms with Gasteiger partial charge < -0.3 is 19.7 Å². The Morgan fingerprint density at radius 1 is 1.25 bits per heavy atom. The minimum Gasteiger partial charge on any atom is -0.495 e. The number of hydrogen-bond donors (Lipinski definition) is 1. The van der Waals surface area contributed by atoms with Crippen molar-refractivity contribution in [2.45, 2.75) is 0 Å². The Kier molecular flexibility index (Phi) is 6.55. The smallest absolute Gasteiger partial charge is 0.266 e. The molecule has 2 heterocycles. The lowest BCUT2D eigenvalue weighted by Crippen LogP contribution is -2.37. The number of nitriles is 1. The van der Waals surface area contributed by atoms with Crippen molar-refractivity contribution in [3.8, 4) is 11.8 Å². The molecule has 0 radical (unpaired) electrons. The van der Waals surface area contributed by atoms with Gasteiger partial charge in [0.05, 0.1) is 30.9 Å². The number of fused-ring (bicyclic) bond motifs is 1.